The second-order valence-electron chi connectivity index (χ2n) is 4.77. The van der Waals surface area contributed by atoms with Gasteiger partial charge in [-0.3, -0.25) is 4.79 Å². The number of carbonyl (C=O) groups excluding carboxylic acids is 1. The quantitative estimate of drug-likeness (QED) is 0.740. The van der Waals surface area contributed by atoms with Gasteiger partial charge < -0.3 is 4.90 Å². The number of benzene rings is 2. The van der Waals surface area contributed by atoms with Crippen LogP contribution in [0.5, 0.6) is 0 Å². The largest absolute Gasteiger partial charge is 0.308 e. The van der Waals surface area contributed by atoms with E-state index in [2.05, 4.69) is 22.9 Å². The third-order valence-electron chi connectivity index (χ3n) is 3.21. The number of hydrogen-bond acceptors (Lipinski definition) is 1. The van der Waals surface area contributed by atoms with Crippen molar-refractivity contribution < 1.29 is 9.18 Å². The van der Waals surface area contributed by atoms with E-state index in [0.717, 1.165) is 18.5 Å². The summed E-state index contributed by atoms with van der Waals surface area (Å²) < 4.78 is 13.7. The SMILES string of the molecule is CCCCN(C(=O)c1ccc(F)cc1Br)c1ccccc1. The fraction of sp³-hybridized carbons (Fsp3) is 0.235. The Morgan fingerprint density at radius 1 is 1.19 bits per heavy atom. The molecule has 0 aromatic heterocycles. The summed E-state index contributed by atoms with van der Waals surface area (Å²) in [5.41, 5.74) is 1.32. The molecule has 0 spiro atoms. The first-order valence-electron chi connectivity index (χ1n) is 6.95. The zero-order valence-corrected chi connectivity index (χ0v) is 13.4. The molecule has 4 heteroatoms. The number of hydrogen-bond donors (Lipinski definition) is 0. The van der Waals surface area contributed by atoms with E-state index < -0.39 is 0 Å². The van der Waals surface area contributed by atoms with E-state index in [9.17, 15) is 9.18 Å². The monoisotopic (exact) mass is 349 g/mol. The number of para-hydroxylation sites is 1. The van der Waals surface area contributed by atoms with Gasteiger partial charge in [0.1, 0.15) is 5.82 Å². The lowest BCUT2D eigenvalue weighted by molar-refractivity contribution is 0.0986. The van der Waals surface area contributed by atoms with Gasteiger partial charge in [0.25, 0.3) is 5.91 Å². The summed E-state index contributed by atoms with van der Waals surface area (Å²) >= 11 is 3.27. The molecule has 0 unspecified atom stereocenters. The smallest absolute Gasteiger partial charge is 0.259 e. The average Bonchev–Trinajstić information content (AvgIpc) is 2.48. The Morgan fingerprint density at radius 2 is 1.90 bits per heavy atom. The van der Waals surface area contributed by atoms with Gasteiger partial charge in [-0.15, -0.1) is 0 Å². The first-order valence-corrected chi connectivity index (χ1v) is 7.74. The highest BCUT2D eigenvalue weighted by atomic mass is 79.9. The molecule has 0 atom stereocenters. The van der Waals surface area contributed by atoms with Gasteiger partial charge in [-0.1, -0.05) is 31.5 Å². The van der Waals surface area contributed by atoms with Gasteiger partial charge in [0, 0.05) is 16.7 Å². The minimum atomic E-state index is -0.363. The van der Waals surface area contributed by atoms with Crippen LogP contribution in [0.1, 0.15) is 30.1 Å². The highest BCUT2D eigenvalue weighted by Gasteiger charge is 2.19. The molecule has 0 radical (unpaired) electrons. The highest BCUT2D eigenvalue weighted by Crippen LogP contribution is 2.23. The van der Waals surface area contributed by atoms with Crippen LogP contribution in [0.25, 0.3) is 0 Å². The Morgan fingerprint density at radius 3 is 2.52 bits per heavy atom. The van der Waals surface area contributed by atoms with Crippen LogP contribution in [0, 0.1) is 5.82 Å². The molecule has 0 saturated carbocycles. The Labute approximate surface area is 132 Å². The fourth-order valence-electron chi connectivity index (χ4n) is 2.08. The zero-order valence-electron chi connectivity index (χ0n) is 11.9. The number of anilines is 1. The molecule has 0 heterocycles. The highest BCUT2D eigenvalue weighted by molar-refractivity contribution is 9.10. The molecule has 2 aromatic carbocycles. The third kappa shape index (κ3) is 3.91. The van der Waals surface area contributed by atoms with Crippen molar-refractivity contribution in [3.05, 3.63) is 64.4 Å². The van der Waals surface area contributed by atoms with Gasteiger partial charge in [-0.25, -0.2) is 4.39 Å². The van der Waals surface area contributed by atoms with E-state index >= 15 is 0 Å². The molecular formula is C17H17BrFNO. The summed E-state index contributed by atoms with van der Waals surface area (Å²) in [5.74, 6) is -0.486. The number of halogens is 2. The summed E-state index contributed by atoms with van der Waals surface area (Å²) in [7, 11) is 0. The van der Waals surface area contributed by atoms with Crippen molar-refractivity contribution in [2.24, 2.45) is 0 Å². The van der Waals surface area contributed by atoms with Crippen LogP contribution in [0.4, 0.5) is 10.1 Å². The maximum atomic E-state index is 13.2. The van der Waals surface area contributed by atoms with Crippen molar-refractivity contribution >= 4 is 27.5 Å². The van der Waals surface area contributed by atoms with E-state index in [4.69, 9.17) is 0 Å². The maximum absolute atomic E-state index is 13.2. The van der Waals surface area contributed by atoms with E-state index in [1.165, 1.54) is 18.2 Å². The first-order chi connectivity index (χ1) is 10.1. The Balaban J connectivity index is 2.34. The van der Waals surface area contributed by atoms with E-state index in [0.29, 0.717) is 16.6 Å². The Kier molecular flexibility index (Phi) is 5.51. The lowest BCUT2D eigenvalue weighted by Crippen LogP contribution is -2.32. The number of rotatable bonds is 5. The van der Waals surface area contributed by atoms with Crippen LogP contribution in [0.3, 0.4) is 0 Å². The van der Waals surface area contributed by atoms with Crippen LogP contribution < -0.4 is 4.90 Å². The minimum Gasteiger partial charge on any atom is -0.308 e. The van der Waals surface area contributed by atoms with E-state index in [1.807, 2.05) is 30.3 Å². The van der Waals surface area contributed by atoms with Crippen molar-refractivity contribution in [1.82, 2.24) is 0 Å². The predicted molar refractivity (Wildman–Crippen MR) is 87.1 cm³/mol. The van der Waals surface area contributed by atoms with Crippen molar-refractivity contribution in [2.45, 2.75) is 19.8 Å². The molecule has 0 fully saturated rings. The van der Waals surface area contributed by atoms with Crippen molar-refractivity contribution in [3.8, 4) is 0 Å². The van der Waals surface area contributed by atoms with Gasteiger partial charge in [-0.05, 0) is 52.7 Å². The molecule has 1 amide bonds. The number of nitrogens with zero attached hydrogens (tertiary/aromatic N) is 1. The molecular weight excluding hydrogens is 333 g/mol. The number of amides is 1. The molecule has 0 bridgehead atoms. The molecule has 0 saturated heterocycles. The molecule has 0 aliphatic rings. The van der Waals surface area contributed by atoms with Crippen LogP contribution in [-0.4, -0.2) is 12.5 Å². The van der Waals surface area contributed by atoms with Gasteiger partial charge in [0.15, 0.2) is 0 Å². The van der Waals surface area contributed by atoms with Gasteiger partial charge >= 0.3 is 0 Å². The van der Waals surface area contributed by atoms with Crippen LogP contribution in [0.2, 0.25) is 0 Å². The fourth-order valence-corrected chi connectivity index (χ4v) is 2.60. The minimum absolute atomic E-state index is 0.124. The normalized spacial score (nSPS) is 10.4. The average molecular weight is 350 g/mol. The van der Waals surface area contributed by atoms with E-state index in [1.54, 1.807) is 4.90 Å². The van der Waals surface area contributed by atoms with Crippen molar-refractivity contribution in [1.29, 1.82) is 0 Å². The Hall–Kier alpha value is -1.68. The van der Waals surface area contributed by atoms with Crippen LogP contribution >= 0.6 is 15.9 Å². The summed E-state index contributed by atoms with van der Waals surface area (Å²) in [5, 5.41) is 0. The zero-order chi connectivity index (χ0) is 15.2. The number of carbonyl (C=O) groups is 1. The molecule has 110 valence electrons. The predicted octanol–water partition coefficient (Wildman–Crippen LogP) is 5.04. The van der Waals surface area contributed by atoms with Gasteiger partial charge in [0.2, 0.25) is 0 Å². The molecule has 21 heavy (non-hydrogen) atoms. The number of unbranched alkanes of at least 4 members (excludes halogenated alkanes) is 1. The molecule has 2 aromatic rings. The van der Waals surface area contributed by atoms with Crippen molar-refractivity contribution in [3.63, 3.8) is 0 Å². The molecule has 0 aliphatic carbocycles. The second-order valence-corrected chi connectivity index (χ2v) is 5.62. The van der Waals surface area contributed by atoms with Crippen LogP contribution in [0.15, 0.2) is 53.0 Å². The summed E-state index contributed by atoms with van der Waals surface area (Å²) in [6.07, 6.45) is 1.92. The Bertz CT molecular complexity index is 615. The molecule has 0 N–H and O–H groups in total. The third-order valence-corrected chi connectivity index (χ3v) is 3.87. The van der Waals surface area contributed by atoms with Crippen molar-refractivity contribution in [2.75, 3.05) is 11.4 Å². The maximum Gasteiger partial charge on any atom is 0.259 e. The van der Waals surface area contributed by atoms with Gasteiger partial charge in [0.05, 0.1) is 5.56 Å². The topological polar surface area (TPSA) is 20.3 Å². The second kappa shape index (κ2) is 7.36. The standard InChI is InChI=1S/C17H17BrFNO/c1-2-3-11-20(14-7-5-4-6-8-14)17(21)15-10-9-13(19)12-16(15)18/h4-10,12H,2-3,11H2,1H3. The summed E-state index contributed by atoms with van der Waals surface area (Å²) in [6.45, 7) is 2.73. The van der Waals surface area contributed by atoms with Gasteiger partial charge in [-0.2, -0.15) is 0 Å². The summed E-state index contributed by atoms with van der Waals surface area (Å²) in [4.78, 5) is 14.5. The lowest BCUT2D eigenvalue weighted by atomic mass is 10.1. The molecule has 2 rings (SSSR count). The van der Waals surface area contributed by atoms with Crippen LogP contribution in [-0.2, 0) is 0 Å². The lowest BCUT2D eigenvalue weighted by Gasteiger charge is -2.23. The van der Waals surface area contributed by atoms with E-state index in [-0.39, 0.29) is 11.7 Å². The molecule has 0 aliphatic heterocycles. The first kappa shape index (κ1) is 15.7. The summed E-state index contributed by atoms with van der Waals surface area (Å²) in [6, 6.07) is 13.7. The molecule has 2 nitrogen and oxygen atoms in total.